The van der Waals surface area contributed by atoms with Gasteiger partial charge in [-0.3, -0.25) is 0 Å². The first-order chi connectivity index (χ1) is 13.7. The van der Waals surface area contributed by atoms with Crippen molar-refractivity contribution in [3.8, 4) is 11.3 Å². The summed E-state index contributed by atoms with van der Waals surface area (Å²) in [6.07, 6.45) is 6.75. The van der Waals surface area contributed by atoms with Gasteiger partial charge in [0.05, 0.1) is 11.4 Å². The molecular formula is C21H28N6O. The van der Waals surface area contributed by atoms with Crippen LogP contribution in [0.1, 0.15) is 24.0 Å². The summed E-state index contributed by atoms with van der Waals surface area (Å²) in [7, 11) is 1.95. The number of allylic oxidation sites excluding steroid dienone is 1. The molecule has 1 aromatic carbocycles. The van der Waals surface area contributed by atoms with Gasteiger partial charge in [-0.2, -0.15) is 0 Å². The summed E-state index contributed by atoms with van der Waals surface area (Å²) >= 11 is 0. The van der Waals surface area contributed by atoms with E-state index < -0.39 is 0 Å². The monoisotopic (exact) mass is 380 g/mol. The third-order valence-electron chi connectivity index (χ3n) is 4.77. The number of aromatic nitrogens is 2. The Morgan fingerprint density at radius 1 is 1.29 bits per heavy atom. The van der Waals surface area contributed by atoms with Gasteiger partial charge in [-0.15, -0.1) is 0 Å². The Bertz CT molecular complexity index is 829. The van der Waals surface area contributed by atoms with Crippen molar-refractivity contribution in [3.05, 3.63) is 53.5 Å². The van der Waals surface area contributed by atoms with Gasteiger partial charge in [0.25, 0.3) is 0 Å². The van der Waals surface area contributed by atoms with Crippen LogP contribution in [0.4, 0.5) is 5.95 Å². The largest absolute Gasteiger partial charge is 0.386 e. The topological polar surface area (TPSA) is 95.0 Å². The van der Waals surface area contributed by atoms with E-state index in [1.807, 2.05) is 19.3 Å². The van der Waals surface area contributed by atoms with Crippen molar-refractivity contribution in [1.29, 1.82) is 5.41 Å². The summed E-state index contributed by atoms with van der Waals surface area (Å²) in [4.78, 5) is 8.91. The summed E-state index contributed by atoms with van der Waals surface area (Å²) in [6, 6.07) is 8.60. The molecule has 1 saturated heterocycles. The number of aryl methyl sites for hydroxylation is 1. The van der Waals surface area contributed by atoms with Crippen LogP contribution in [0, 0.1) is 12.3 Å². The summed E-state index contributed by atoms with van der Waals surface area (Å²) in [5.41, 5.74) is 5.00. The van der Waals surface area contributed by atoms with E-state index in [0.29, 0.717) is 17.7 Å². The normalized spacial score (nSPS) is 15.3. The van der Waals surface area contributed by atoms with Crippen molar-refractivity contribution in [2.45, 2.75) is 32.4 Å². The lowest BCUT2D eigenvalue weighted by atomic mass is 10.0. The molecule has 0 amide bonds. The molecule has 3 rings (SSSR count). The van der Waals surface area contributed by atoms with E-state index in [1.165, 1.54) is 17.3 Å². The zero-order chi connectivity index (χ0) is 19.8. The quantitative estimate of drug-likeness (QED) is 0.526. The molecule has 148 valence electrons. The van der Waals surface area contributed by atoms with E-state index in [1.54, 1.807) is 6.20 Å². The minimum atomic E-state index is 0.372. The third-order valence-corrected chi connectivity index (χ3v) is 4.77. The van der Waals surface area contributed by atoms with Gasteiger partial charge in [0.2, 0.25) is 5.95 Å². The minimum Gasteiger partial charge on any atom is -0.386 e. The molecule has 0 atom stereocenters. The van der Waals surface area contributed by atoms with Crippen molar-refractivity contribution in [1.82, 2.24) is 20.6 Å². The van der Waals surface area contributed by atoms with Gasteiger partial charge >= 0.3 is 0 Å². The first-order valence-corrected chi connectivity index (χ1v) is 9.58. The van der Waals surface area contributed by atoms with Crippen LogP contribution in [-0.2, 0) is 11.3 Å². The first-order valence-electron chi connectivity index (χ1n) is 9.58. The van der Waals surface area contributed by atoms with Crippen molar-refractivity contribution in [3.63, 3.8) is 0 Å². The molecule has 1 aromatic heterocycles. The number of rotatable bonds is 8. The smallest absolute Gasteiger partial charge is 0.227 e. The predicted octanol–water partition coefficient (Wildman–Crippen LogP) is 2.84. The number of hydrogen-bond donors (Lipinski definition) is 4. The highest BCUT2D eigenvalue weighted by atomic mass is 16.5. The van der Waals surface area contributed by atoms with Crippen LogP contribution >= 0.6 is 0 Å². The molecule has 0 spiro atoms. The van der Waals surface area contributed by atoms with Gasteiger partial charge in [-0.25, -0.2) is 9.97 Å². The molecule has 1 fully saturated rings. The highest BCUT2D eigenvalue weighted by Gasteiger charge is 2.12. The Morgan fingerprint density at radius 2 is 2.11 bits per heavy atom. The number of ether oxygens (including phenoxy) is 1. The van der Waals surface area contributed by atoms with Gasteiger partial charge in [0.1, 0.15) is 0 Å². The molecule has 1 aliphatic heterocycles. The Morgan fingerprint density at radius 3 is 2.82 bits per heavy atom. The summed E-state index contributed by atoms with van der Waals surface area (Å²) in [5, 5.41) is 17.3. The van der Waals surface area contributed by atoms with Gasteiger partial charge in [0.15, 0.2) is 0 Å². The summed E-state index contributed by atoms with van der Waals surface area (Å²) in [5.74, 6) is 0.470. The molecule has 0 saturated carbocycles. The fourth-order valence-corrected chi connectivity index (χ4v) is 3.14. The fraction of sp³-hybridized carbons (Fsp3) is 0.381. The minimum absolute atomic E-state index is 0.372. The second-order valence-electron chi connectivity index (χ2n) is 6.86. The highest BCUT2D eigenvalue weighted by molar-refractivity contribution is 5.79. The van der Waals surface area contributed by atoms with Crippen LogP contribution in [-0.4, -0.2) is 42.5 Å². The third kappa shape index (κ3) is 5.37. The molecule has 4 N–H and O–H groups in total. The molecule has 28 heavy (non-hydrogen) atoms. The molecule has 0 aliphatic carbocycles. The Kier molecular flexibility index (Phi) is 7.11. The number of hydrogen-bond acceptors (Lipinski definition) is 7. The second-order valence-corrected chi connectivity index (χ2v) is 6.86. The maximum atomic E-state index is 7.65. The van der Waals surface area contributed by atoms with Crippen molar-refractivity contribution < 1.29 is 4.74 Å². The lowest BCUT2D eigenvalue weighted by molar-refractivity contribution is 0.0812. The van der Waals surface area contributed by atoms with Crippen LogP contribution in [0.25, 0.3) is 11.3 Å². The fourth-order valence-electron chi connectivity index (χ4n) is 3.14. The summed E-state index contributed by atoms with van der Waals surface area (Å²) < 4.78 is 5.37. The molecule has 0 bridgehead atoms. The van der Waals surface area contributed by atoms with Crippen LogP contribution < -0.4 is 16.0 Å². The number of anilines is 1. The number of nitrogens with one attached hydrogen (secondary N) is 4. The molecule has 2 aromatic rings. The van der Waals surface area contributed by atoms with Gasteiger partial charge in [-0.1, -0.05) is 12.1 Å². The highest BCUT2D eigenvalue weighted by Crippen LogP contribution is 2.21. The van der Waals surface area contributed by atoms with Gasteiger partial charge in [0, 0.05) is 50.0 Å². The van der Waals surface area contributed by atoms with E-state index in [4.69, 9.17) is 10.1 Å². The zero-order valence-electron chi connectivity index (χ0n) is 16.5. The van der Waals surface area contributed by atoms with E-state index in [9.17, 15) is 0 Å². The van der Waals surface area contributed by atoms with Crippen molar-refractivity contribution >= 4 is 12.2 Å². The number of benzene rings is 1. The predicted molar refractivity (Wildman–Crippen MR) is 112 cm³/mol. The zero-order valence-corrected chi connectivity index (χ0v) is 16.5. The van der Waals surface area contributed by atoms with Crippen molar-refractivity contribution in [2.24, 2.45) is 0 Å². The van der Waals surface area contributed by atoms with Crippen LogP contribution in [0.3, 0.4) is 0 Å². The average molecular weight is 380 g/mol. The van der Waals surface area contributed by atoms with E-state index in [0.717, 1.165) is 43.9 Å². The molecule has 1 aliphatic rings. The molecule has 0 radical (unpaired) electrons. The van der Waals surface area contributed by atoms with Crippen LogP contribution in [0.5, 0.6) is 0 Å². The Labute approximate surface area is 166 Å². The van der Waals surface area contributed by atoms with E-state index >= 15 is 0 Å². The van der Waals surface area contributed by atoms with Crippen LogP contribution in [0.2, 0.25) is 0 Å². The Balaban J connectivity index is 1.71. The van der Waals surface area contributed by atoms with Crippen molar-refractivity contribution in [2.75, 3.05) is 25.6 Å². The maximum absolute atomic E-state index is 7.65. The lowest BCUT2D eigenvalue weighted by Gasteiger charge is -2.22. The molecule has 2 heterocycles. The van der Waals surface area contributed by atoms with E-state index in [2.05, 4.69) is 51.0 Å². The molecule has 7 heteroatoms. The Hall–Kier alpha value is -2.77. The lowest BCUT2D eigenvalue weighted by Crippen LogP contribution is -2.32. The molecular weight excluding hydrogens is 352 g/mol. The maximum Gasteiger partial charge on any atom is 0.227 e. The molecule has 0 unspecified atom stereocenters. The second kappa shape index (κ2) is 9.96. The van der Waals surface area contributed by atoms with Crippen LogP contribution in [0.15, 0.2) is 42.4 Å². The standard InChI is InChI=1S/C21H28N6O/c1-15-11-16(3-4-17(15)13-23-2)20-5-8-24-21(27-20)26-19(12-22)14-25-18-6-9-28-10-7-18/h3-5,8,11-12,14,18,22-23,25H,6-7,9-10,13H2,1-2H3,(H,24,26,27)/b19-14+,22-12?. The van der Waals surface area contributed by atoms with E-state index in [-0.39, 0.29) is 0 Å². The number of nitrogens with zero attached hydrogens (tertiary/aromatic N) is 2. The summed E-state index contributed by atoms with van der Waals surface area (Å²) in [6.45, 7) is 4.50. The van der Waals surface area contributed by atoms with Gasteiger partial charge < -0.3 is 26.1 Å². The first kappa shape index (κ1) is 20.0. The average Bonchev–Trinajstić information content (AvgIpc) is 2.73. The SMILES string of the molecule is CNCc1ccc(-c2ccnc(N/C(C=N)=C/NC3CCOCC3)n2)cc1C. The molecule has 7 nitrogen and oxygen atoms in total. The van der Waals surface area contributed by atoms with Gasteiger partial charge in [-0.05, 0) is 50.1 Å².